The number of methoxy groups -OCH3 is 1. The molecule has 1 saturated heterocycles. The molecule has 1 aromatic heterocycles. The number of hydrogen-bond acceptors (Lipinski definition) is 6. The summed E-state index contributed by atoms with van der Waals surface area (Å²) in [6, 6.07) is 13.9. The van der Waals surface area contributed by atoms with E-state index in [2.05, 4.69) is 27.3 Å². The van der Waals surface area contributed by atoms with E-state index in [4.69, 9.17) is 4.74 Å². The Morgan fingerprint density at radius 3 is 2.52 bits per heavy atom. The van der Waals surface area contributed by atoms with Gasteiger partial charge in [-0.15, -0.1) is 0 Å². The molecule has 0 atom stereocenters. The summed E-state index contributed by atoms with van der Waals surface area (Å²) < 4.78 is 6.19. The summed E-state index contributed by atoms with van der Waals surface area (Å²) in [5, 5.41) is 3.40. The van der Waals surface area contributed by atoms with Gasteiger partial charge in [0.15, 0.2) is 5.13 Å². The highest BCUT2D eigenvalue weighted by molar-refractivity contribution is 7.22. The van der Waals surface area contributed by atoms with Crippen LogP contribution in [0.3, 0.4) is 0 Å². The Balaban J connectivity index is 1.35. The summed E-state index contributed by atoms with van der Waals surface area (Å²) in [5.41, 5.74) is 2.95. The zero-order valence-electron chi connectivity index (χ0n) is 17.8. The number of nitrogens with one attached hydrogen (secondary N) is 1. The highest BCUT2D eigenvalue weighted by Gasteiger charge is 2.21. The summed E-state index contributed by atoms with van der Waals surface area (Å²) >= 11 is 1.43. The number of fused-ring (bicyclic) bond motifs is 1. The van der Waals surface area contributed by atoms with Gasteiger partial charge in [0.05, 0.1) is 23.7 Å². The van der Waals surface area contributed by atoms with E-state index in [1.165, 1.54) is 11.3 Å². The Morgan fingerprint density at radius 2 is 1.84 bits per heavy atom. The molecule has 1 N–H and O–H groups in total. The lowest BCUT2D eigenvalue weighted by Gasteiger charge is -2.36. The number of aromatic nitrogens is 1. The maximum Gasteiger partial charge on any atom is 0.227 e. The number of anilines is 2. The van der Waals surface area contributed by atoms with Gasteiger partial charge in [0, 0.05) is 38.3 Å². The first-order valence-electron chi connectivity index (χ1n) is 10.4. The maximum absolute atomic E-state index is 12.8. The number of carbonyl (C=O) groups is 2. The topological polar surface area (TPSA) is 74.8 Å². The molecule has 1 fully saturated rings. The normalized spacial score (nSPS) is 14.0. The molecule has 8 heteroatoms. The van der Waals surface area contributed by atoms with Crippen LogP contribution in [0.4, 0.5) is 10.8 Å². The second kappa shape index (κ2) is 9.34. The van der Waals surface area contributed by atoms with Gasteiger partial charge in [-0.05, 0) is 42.0 Å². The van der Waals surface area contributed by atoms with Crippen LogP contribution in [0, 0.1) is 0 Å². The monoisotopic (exact) mass is 438 g/mol. The second-order valence-electron chi connectivity index (χ2n) is 7.47. The predicted molar refractivity (Wildman–Crippen MR) is 124 cm³/mol. The van der Waals surface area contributed by atoms with E-state index in [0.717, 1.165) is 40.3 Å². The number of nitrogens with zero attached hydrogens (tertiary/aromatic N) is 3. The van der Waals surface area contributed by atoms with E-state index in [9.17, 15) is 9.59 Å². The van der Waals surface area contributed by atoms with Crippen molar-refractivity contribution >= 4 is 44.2 Å². The average Bonchev–Trinajstić information content (AvgIpc) is 3.20. The first-order valence-corrected chi connectivity index (χ1v) is 11.2. The lowest BCUT2D eigenvalue weighted by atomic mass is 10.1. The Bertz CT molecular complexity index is 1070. The van der Waals surface area contributed by atoms with E-state index in [-0.39, 0.29) is 11.8 Å². The lowest BCUT2D eigenvalue weighted by molar-refractivity contribution is -0.130. The number of amides is 2. The second-order valence-corrected chi connectivity index (χ2v) is 8.50. The van der Waals surface area contributed by atoms with Crippen LogP contribution in [-0.2, 0) is 16.0 Å². The molecule has 2 aromatic carbocycles. The number of rotatable bonds is 6. The molecule has 0 bridgehead atoms. The van der Waals surface area contributed by atoms with Crippen LogP contribution in [0.25, 0.3) is 10.2 Å². The van der Waals surface area contributed by atoms with E-state index < -0.39 is 0 Å². The van der Waals surface area contributed by atoms with Gasteiger partial charge in [-0.1, -0.05) is 24.3 Å². The molecule has 2 amide bonds. The molecule has 31 heavy (non-hydrogen) atoms. The van der Waals surface area contributed by atoms with Gasteiger partial charge in [-0.3, -0.25) is 9.59 Å². The van der Waals surface area contributed by atoms with Crippen LogP contribution >= 0.6 is 11.3 Å². The van der Waals surface area contributed by atoms with Crippen LogP contribution in [0.1, 0.15) is 18.9 Å². The summed E-state index contributed by atoms with van der Waals surface area (Å²) in [6.07, 6.45) is 0.786. The molecule has 4 rings (SSSR count). The number of hydrogen-bond donors (Lipinski definition) is 1. The van der Waals surface area contributed by atoms with Gasteiger partial charge in [0.25, 0.3) is 0 Å². The third kappa shape index (κ3) is 4.96. The fraction of sp³-hybridized carbons (Fsp3) is 0.348. The minimum Gasteiger partial charge on any atom is -0.497 e. The van der Waals surface area contributed by atoms with Crippen LogP contribution in [0.15, 0.2) is 42.5 Å². The van der Waals surface area contributed by atoms with Crippen molar-refractivity contribution in [2.45, 2.75) is 19.8 Å². The first kappa shape index (κ1) is 21.1. The molecule has 2 heterocycles. The van der Waals surface area contributed by atoms with E-state index in [0.29, 0.717) is 31.1 Å². The molecule has 1 aliphatic heterocycles. The van der Waals surface area contributed by atoms with Crippen molar-refractivity contribution in [1.29, 1.82) is 0 Å². The average molecular weight is 439 g/mol. The molecule has 0 saturated carbocycles. The van der Waals surface area contributed by atoms with Crippen molar-refractivity contribution in [3.8, 4) is 5.75 Å². The van der Waals surface area contributed by atoms with Gasteiger partial charge in [-0.2, -0.15) is 0 Å². The van der Waals surface area contributed by atoms with Gasteiger partial charge in [0.1, 0.15) is 5.75 Å². The van der Waals surface area contributed by atoms with Crippen molar-refractivity contribution in [1.82, 2.24) is 9.88 Å². The Kier molecular flexibility index (Phi) is 6.36. The maximum atomic E-state index is 12.8. The molecule has 0 unspecified atom stereocenters. The number of carbonyl (C=O) groups excluding carboxylic acids is 2. The predicted octanol–water partition coefficient (Wildman–Crippen LogP) is 3.54. The molecule has 162 valence electrons. The van der Waals surface area contributed by atoms with Gasteiger partial charge < -0.3 is 19.9 Å². The standard InChI is InChI=1S/C23H26N4O3S/c1-3-21(28)25-23-24-19-9-4-16(14-20(19)31-23)15-22(29)27-12-10-26(11-13-27)17-5-7-18(30-2)8-6-17/h4-9,14H,3,10-13,15H2,1-2H3,(H,24,25,28). The van der Waals surface area contributed by atoms with Gasteiger partial charge >= 0.3 is 0 Å². The SMILES string of the molecule is CCC(=O)Nc1nc2ccc(CC(=O)N3CCN(c4ccc(OC)cc4)CC3)cc2s1. The summed E-state index contributed by atoms with van der Waals surface area (Å²) in [4.78, 5) is 33.1. The lowest BCUT2D eigenvalue weighted by Crippen LogP contribution is -2.49. The molecule has 7 nitrogen and oxygen atoms in total. The third-order valence-corrected chi connectivity index (χ3v) is 6.38. The Hall–Kier alpha value is -3.13. The molecule has 3 aromatic rings. The summed E-state index contributed by atoms with van der Waals surface area (Å²) in [5.74, 6) is 0.927. The molecular weight excluding hydrogens is 412 g/mol. The van der Waals surface area contributed by atoms with Crippen molar-refractivity contribution in [2.75, 3.05) is 43.5 Å². The van der Waals surface area contributed by atoms with Crippen LogP contribution in [0.2, 0.25) is 0 Å². The number of piperazine rings is 1. The van der Waals surface area contributed by atoms with Crippen molar-refractivity contribution < 1.29 is 14.3 Å². The van der Waals surface area contributed by atoms with Crippen LogP contribution in [0.5, 0.6) is 5.75 Å². The number of ether oxygens (including phenoxy) is 1. The highest BCUT2D eigenvalue weighted by Crippen LogP contribution is 2.27. The summed E-state index contributed by atoms with van der Waals surface area (Å²) in [7, 11) is 1.66. The van der Waals surface area contributed by atoms with Crippen molar-refractivity contribution in [2.24, 2.45) is 0 Å². The first-order chi connectivity index (χ1) is 15.1. The molecule has 0 radical (unpaired) electrons. The summed E-state index contributed by atoms with van der Waals surface area (Å²) in [6.45, 7) is 4.85. The van der Waals surface area contributed by atoms with Crippen LogP contribution < -0.4 is 15.0 Å². The van der Waals surface area contributed by atoms with E-state index in [1.807, 2.05) is 42.2 Å². The van der Waals surface area contributed by atoms with Crippen molar-refractivity contribution in [3.05, 3.63) is 48.0 Å². The number of benzene rings is 2. The van der Waals surface area contributed by atoms with E-state index in [1.54, 1.807) is 7.11 Å². The Labute approximate surface area is 185 Å². The minimum atomic E-state index is -0.0526. The third-order valence-electron chi connectivity index (χ3n) is 5.45. The van der Waals surface area contributed by atoms with Gasteiger partial charge in [-0.25, -0.2) is 4.98 Å². The molecule has 0 aliphatic carbocycles. The number of thiazole rings is 1. The smallest absolute Gasteiger partial charge is 0.227 e. The Morgan fingerprint density at radius 1 is 1.10 bits per heavy atom. The van der Waals surface area contributed by atoms with Crippen LogP contribution in [-0.4, -0.2) is 55.0 Å². The fourth-order valence-corrected chi connectivity index (χ4v) is 4.58. The fourth-order valence-electron chi connectivity index (χ4n) is 3.63. The largest absolute Gasteiger partial charge is 0.497 e. The van der Waals surface area contributed by atoms with Crippen molar-refractivity contribution in [3.63, 3.8) is 0 Å². The minimum absolute atomic E-state index is 0.0526. The molecular formula is C23H26N4O3S. The zero-order valence-corrected chi connectivity index (χ0v) is 18.6. The molecule has 0 spiro atoms. The molecule has 1 aliphatic rings. The quantitative estimate of drug-likeness (QED) is 0.637. The zero-order chi connectivity index (χ0) is 21.8. The van der Waals surface area contributed by atoms with Gasteiger partial charge in [0.2, 0.25) is 11.8 Å². The van der Waals surface area contributed by atoms with E-state index >= 15 is 0 Å². The highest BCUT2D eigenvalue weighted by atomic mass is 32.1.